The van der Waals surface area contributed by atoms with Crippen LogP contribution in [0.4, 0.5) is 4.39 Å². The molecule has 1 aliphatic heterocycles. The standard InChI is InChI=1S/C9H9BrFNO2S/c10-8-3-6(11)1-2-7(8)9(12-15-13)4-14-5-9/h1-3,15H,4-5H2,(H,12,13). The van der Waals surface area contributed by atoms with Crippen LogP contribution in [0, 0.1) is 5.82 Å². The Morgan fingerprint density at radius 3 is 2.73 bits per heavy atom. The smallest absolute Gasteiger partial charge is 0.124 e. The average Bonchev–Trinajstić information content (AvgIpc) is 2.12. The van der Waals surface area contributed by atoms with E-state index in [-0.39, 0.29) is 17.7 Å². The van der Waals surface area contributed by atoms with Crippen LogP contribution in [0.15, 0.2) is 22.7 Å². The second kappa shape index (κ2) is 4.29. The van der Waals surface area contributed by atoms with Crippen molar-refractivity contribution < 1.29 is 13.3 Å². The zero-order valence-electron chi connectivity index (χ0n) is 7.67. The summed E-state index contributed by atoms with van der Waals surface area (Å²) in [4.78, 5) is 0. The number of hydrogen-bond donors (Lipinski definition) is 2. The van der Waals surface area contributed by atoms with E-state index in [0.717, 1.165) is 5.56 Å². The molecule has 0 aliphatic carbocycles. The van der Waals surface area contributed by atoms with Crippen LogP contribution >= 0.6 is 15.9 Å². The Kier molecular flexibility index (Phi) is 3.20. The van der Waals surface area contributed by atoms with E-state index >= 15 is 0 Å². The molecule has 15 heavy (non-hydrogen) atoms. The van der Waals surface area contributed by atoms with Crippen LogP contribution in [-0.4, -0.2) is 17.4 Å². The number of thiol groups is 1. The van der Waals surface area contributed by atoms with E-state index in [1.54, 1.807) is 6.07 Å². The minimum atomic E-state index is -0.462. The monoisotopic (exact) mass is 293 g/mol. The third kappa shape index (κ3) is 1.99. The van der Waals surface area contributed by atoms with Gasteiger partial charge in [0.25, 0.3) is 0 Å². The van der Waals surface area contributed by atoms with Gasteiger partial charge in [0.2, 0.25) is 0 Å². The van der Waals surface area contributed by atoms with Crippen LogP contribution in [0.2, 0.25) is 0 Å². The van der Waals surface area contributed by atoms with Crippen molar-refractivity contribution >= 4 is 27.8 Å². The highest BCUT2D eigenvalue weighted by atomic mass is 79.9. The Labute approximate surface area is 98.8 Å². The topological polar surface area (TPSA) is 38.3 Å². The molecular formula is C9H9BrFNO2S. The Balaban J connectivity index is 2.38. The van der Waals surface area contributed by atoms with Crippen molar-refractivity contribution in [1.82, 2.24) is 4.72 Å². The lowest BCUT2D eigenvalue weighted by Crippen LogP contribution is -2.56. The molecule has 1 heterocycles. The maximum Gasteiger partial charge on any atom is 0.124 e. The van der Waals surface area contributed by atoms with Gasteiger partial charge >= 0.3 is 0 Å². The Hall–Kier alpha value is -0.300. The predicted octanol–water partition coefficient (Wildman–Crippen LogP) is 1.26. The highest BCUT2D eigenvalue weighted by molar-refractivity contribution is 9.10. The first kappa shape index (κ1) is 11.2. The molecule has 1 aromatic carbocycles. The molecule has 2 rings (SSSR count). The van der Waals surface area contributed by atoms with Crippen LogP contribution < -0.4 is 4.72 Å². The van der Waals surface area contributed by atoms with Gasteiger partial charge in [0.05, 0.1) is 25.1 Å². The molecule has 1 aliphatic rings. The number of nitrogens with one attached hydrogen (secondary N) is 1. The summed E-state index contributed by atoms with van der Waals surface area (Å²) in [5.74, 6) is -0.305. The molecule has 1 saturated heterocycles. The molecule has 0 saturated carbocycles. The lowest BCUT2D eigenvalue weighted by Gasteiger charge is -2.41. The van der Waals surface area contributed by atoms with E-state index < -0.39 is 5.54 Å². The fraction of sp³-hybridized carbons (Fsp3) is 0.333. The highest BCUT2D eigenvalue weighted by Gasteiger charge is 2.41. The Morgan fingerprint density at radius 2 is 2.27 bits per heavy atom. The number of hydrogen-bond acceptors (Lipinski definition) is 2. The molecule has 0 unspecified atom stereocenters. The summed E-state index contributed by atoms with van der Waals surface area (Å²) in [6.07, 6.45) is 0. The first-order valence-electron chi connectivity index (χ1n) is 4.31. The predicted molar refractivity (Wildman–Crippen MR) is 59.3 cm³/mol. The molecule has 1 fully saturated rings. The fourth-order valence-electron chi connectivity index (χ4n) is 1.55. The van der Waals surface area contributed by atoms with Crippen LogP contribution in [0.1, 0.15) is 5.56 Å². The van der Waals surface area contributed by atoms with Gasteiger partial charge in [0, 0.05) is 4.47 Å². The van der Waals surface area contributed by atoms with Gasteiger partial charge in [0.1, 0.15) is 11.4 Å². The SMILES string of the molecule is O=[SH]NC1(c2ccc(F)cc2Br)COC1. The van der Waals surface area contributed by atoms with E-state index in [2.05, 4.69) is 20.7 Å². The summed E-state index contributed by atoms with van der Waals surface area (Å²) in [6, 6.07) is 4.43. The van der Waals surface area contributed by atoms with Crippen molar-refractivity contribution in [3.63, 3.8) is 0 Å². The van der Waals surface area contributed by atoms with Crippen molar-refractivity contribution in [2.75, 3.05) is 13.2 Å². The quantitative estimate of drug-likeness (QED) is 0.824. The molecule has 0 spiro atoms. The molecule has 3 nitrogen and oxygen atoms in total. The lowest BCUT2D eigenvalue weighted by molar-refractivity contribution is -0.0657. The van der Waals surface area contributed by atoms with Gasteiger partial charge in [-0.25, -0.2) is 13.3 Å². The van der Waals surface area contributed by atoms with Gasteiger partial charge < -0.3 is 4.74 Å². The van der Waals surface area contributed by atoms with Crippen molar-refractivity contribution in [3.05, 3.63) is 34.1 Å². The molecule has 0 aromatic heterocycles. The lowest BCUT2D eigenvalue weighted by atomic mass is 9.89. The summed E-state index contributed by atoms with van der Waals surface area (Å²) >= 11 is 3.13. The summed E-state index contributed by atoms with van der Waals surface area (Å²) in [7, 11) is 0. The maximum atomic E-state index is 12.9. The van der Waals surface area contributed by atoms with Gasteiger partial charge in [-0.1, -0.05) is 22.0 Å². The number of halogens is 2. The first-order valence-corrected chi connectivity index (χ1v) is 5.91. The molecule has 1 N–H and O–H groups in total. The Bertz CT molecular complexity index is 398. The third-order valence-electron chi connectivity index (χ3n) is 2.40. The largest absolute Gasteiger partial charge is 0.377 e. The second-order valence-corrected chi connectivity index (χ2v) is 4.66. The second-order valence-electron chi connectivity index (χ2n) is 3.40. The van der Waals surface area contributed by atoms with Gasteiger partial charge in [-0.15, -0.1) is 0 Å². The van der Waals surface area contributed by atoms with E-state index in [1.807, 2.05) is 0 Å². The molecule has 0 radical (unpaired) electrons. The zero-order chi connectivity index (χ0) is 10.9. The van der Waals surface area contributed by atoms with Crippen LogP contribution in [-0.2, 0) is 22.1 Å². The third-order valence-corrected chi connectivity index (χ3v) is 3.58. The highest BCUT2D eigenvalue weighted by Crippen LogP contribution is 2.34. The van der Waals surface area contributed by atoms with Crippen LogP contribution in [0.3, 0.4) is 0 Å². The van der Waals surface area contributed by atoms with Crippen LogP contribution in [0.5, 0.6) is 0 Å². The fourth-order valence-corrected chi connectivity index (χ4v) is 2.71. The maximum absolute atomic E-state index is 12.9. The number of benzene rings is 1. The van der Waals surface area contributed by atoms with Crippen molar-refractivity contribution in [2.24, 2.45) is 0 Å². The summed E-state index contributed by atoms with van der Waals surface area (Å²) in [5, 5.41) is 0. The van der Waals surface area contributed by atoms with E-state index in [0.29, 0.717) is 17.7 Å². The van der Waals surface area contributed by atoms with Gasteiger partial charge in [-0.05, 0) is 17.7 Å². The van der Waals surface area contributed by atoms with Crippen LogP contribution in [0.25, 0.3) is 0 Å². The molecule has 6 heteroatoms. The summed E-state index contributed by atoms with van der Waals surface area (Å²) < 4.78 is 32.1. The molecule has 82 valence electrons. The minimum absolute atomic E-state index is 0.155. The van der Waals surface area contributed by atoms with Crippen molar-refractivity contribution in [3.8, 4) is 0 Å². The normalized spacial score (nSPS) is 18.5. The van der Waals surface area contributed by atoms with Gasteiger partial charge in [-0.3, -0.25) is 0 Å². The number of ether oxygens (including phenoxy) is 1. The van der Waals surface area contributed by atoms with E-state index in [4.69, 9.17) is 4.74 Å². The summed E-state index contributed by atoms with van der Waals surface area (Å²) in [5.41, 5.74) is 0.397. The number of rotatable bonds is 3. The summed E-state index contributed by atoms with van der Waals surface area (Å²) in [6.45, 7) is 0.874. The van der Waals surface area contributed by atoms with Crippen molar-refractivity contribution in [1.29, 1.82) is 0 Å². The van der Waals surface area contributed by atoms with E-state index in [1.165, 1.54) is 12.1 Å². The molecule has 0 bridgehead atoms. The van der Waals surface area contributed by atoms with E-state index in [9.17, 15) is 8.60 Å². The Morgan fingerprint density at radius 1 is 1.53 bits per heavy atom. The zero-order valence-corrected chi connectivity index (χ0v) is 10.1. The molecule has 0 amide bonds. The van der Waals surface area contributed by atoms with Crippen molar-refractivity contribution in [2.45, 2.75) is 5.54 Å². The van der Waals surface area contributed by atoms with Gasteiger partial charge in [-0.2, -0.15) is 0 Å². The molecule has 0 atom stereocenters. The minimum Gasteiger partial charge on any atom is -0.377 e. The van der Waals surface area contributed by atoms with Gasteiger partial charge in [0.15, 0.2) is 0 Å². The average molecular weight is 294 g/mol. The molecular weight excluding hydrogens is 285 g/mol. The molecule has 1 aromatic rings. The first-order chi connectivity index (χ1) is 7.18.